The molecule has 0 aliphatic heterocycles. The fourth-order valence-electron chi connectivity index (χ4n) is 3.14. The summed E-state index contributed by atoms with van der Waals surface area (Å²) in [4.78, 5) is 37.8. The maximum Gasteiger partial charge on any atom is 0.359 e. The Balaban J connectivity index is 1.81. The molecule has 0 atom stereocenters. The highest BCUT2D eigenvalue weighted by molar-refractivity contribution is 9.10. The summed E-state index contributed by atoms with van der Waals surface area (Å²) in [6.45, 7) is 2.15. The summed E-state index contributed by atoms with van der Waals surface area (Å²) in [5.74, 6) is -1.04. The van der Waals surface area contributed by atoms with E-state index in [1.165, 1.54) is 4.68 Å². The Morgan fingerprint density at radius 1 is 1.00 bits per heavy atom. The van der Waals surface area contributed by atoms with Crippen molar-refractivity contribution in [1.82, 2.24) is 9.78 Å². The van der Waals surface area contributed by atoms with Crippen LogP contribution in [0, 0.1) is 0 Å². The molecule has 0 fully saturated rings. The maximum absolute atomic E-state index is 12.7. The Labute approximate surface area is 183 Å². The van der Waals surface area contributed by atoms with E-state index in [-0.39, 0.29) is 17.0 Å². The van der Waals surface area contributed by atoms with Crippen LogP contribution >= 0.6 is 15.9 Å². The summed E-state index contributed by atoms with van der Waals surface area (Å²) in [7, 11) is 0. The number of esters is 1. The summed E-state index contributed by atoms with van der Waals surface area (Å²) in [5.41, 5.74) is 0.263. The molecule has 156 valence electrons. The first kappa shape index (κ1) is 21.9. The van der Waals surface area contributed by atoms with Gasteiger partial charge in [-0.1, -0.05) is 72.4 Å². The van der Waals surface area contributed by atoms with Crippen molar-refractivity contribution in [2.24, 2.45) is 0 Å². The number of Topliss-reactive ketones (excluding diaryl/α,β-unsaturated/α-hetero) is 1. The zero-order valence-electron chi connectivity index (χ0n) is 16.8. The first-order valence-corrected chi connectivity index (χ1v) is 10.8. The molecule has 0 spiro atoms. The highest BCUT2D eigenvalue weighted by Gasteiger charge is 2.19. The largest absolute Gasteiger partial charge is 0.452 e. The van der Waals surface area contributed by atoms with Crippen LogP contribution in [0.4, 0.5) is 0 Å². The number of ether oxygens (including phenoxy) is 1. The number of unbranched alkanes of at least 4 members (excludes halogenated alkanes) is 3. The maximum atomic E-state index is 12.7. The van der Waals surface area contributed by atoms with Crippen LogP contribution in [-0.2, 0) is 11.3 Å². The van der Waals surface area contributed by atoms with Crippen molar-refractivity contribution in [3.8, 4) is 0 Å². The number of aromatic nitrogens is 2. The number of hydrogen-bond acceptors (Lipinski definition) is 5. The number of rotatable bonds is 9. The molecule has 7 heteroatoms. The van der Waals surface area contributed by atoms with Gasteiger partial charge in [-0.2, -0.15) is 5.10 Å². The van der Waals surface area contributed by atoms with Crippen LogP contribution < -0.4 is 5.56 Å². The minimum Gasteiger partial charge on any atom is -0.452 e. The monoisotopic (exact) mass is 470 g/mol. The van der Waals surface area contributed by atoms with Crippen LogP contribution in [-0.4, -0.2) is 28.1 Å². The molecule has 0 radical (unpaired) electrons. The lowest BCUT2D eigenvalue weighted by atomic mass is 10.1. The standard InChI is InChI=1S/C23H23BrN2O4/c1-2-3-4-7-14-26-22(28)19-9-6-5-8-18(19)21(25-26)23(29)30-15-20(27)16-10-12-17(24)13-11-16/h5-6,8-13H,2-4,7,14-15H2,1H3. The van der Waals surface area contributed by atoms with E-state index >= 15 is 0 Å². The van der Waals surface area contributed by atoms with Crippen molar-refractivity contribution in [3.63, 3.8) is 0 Å². The molecule has 6 nitrogen and oxygen atoms in total. The fraction of sp³-hybridized carbons (Fsp3) is 0.304. The van der Waals surface area contributed by atoms with Crippen LogP contribution in [0.5, 0.6) is 0 Å². The van der Waals surface area contributed by atoms with Gasteiger partial charge in [0.05, 0.1) is 5.39 Å². The molecule has 1 heterocycles. The number of ketones is 1. The lowest BCUT2D eigenvalue weighted by Gasteiger charge is -2.11. The van der Waals surface area contributed by atoms with Gasteiger partial charge in [-0.15, -0.1) is 0 Å². The van der Waals surface area contributed by atoms with E-state index in [1.807, 2.05) is 0 Å². The quantitative estimate of drug-likeness (QED) is 0.255. The fourth-order valence-corrected chi connectivity index (χ4v) is 3.41. The highest BCUT2D eigenvalue weighted by atomic mass is 79.9. The molecular weight excluding hydrogens is 448 g/mol. The normalized spacial score (nSPS) is 10.9. The van der Waals surface area contributed by atoms with Gasteiger partial charge >= 0.3 is 5.97 Å². The van der Waals surface area contributed by atoms with E-state index in [2.05, 4.69) is 28.0 Å². The van der Waals surface area contributed by atoms with E-state index in [0.29, 0.717) is 22.9 Å². The third-order valence-electron chi connectivity index (χ3n) is 4.79. The van der Waals surface area contributed by atoms with Gasteiger partial charge in [0.25, 0.3) is 5.56 Å². The summed E-state index contributed by atoms with van der Waals surface area (Å²) in [6.07, 6.45) is 3.95. The topological polar surface area (TPSA) is 78.3 Å². The molecule has 0 N–H and O–H groups in total. The van der Waals surface area contributed by atoms with E-state index in [1.54, 1.807) is 48.5 Å². The third kappa shape index (κ3) is 5.21. The Kier molecular flexibility index (Phi) is 7.52. The number of hydrogen-bond donors (Lipinski definition) is 0. The highest BCUT2D eigenvalue weighted by Crippen LogP contribution is 2.16. The summed E-state index contributed by atoms with van der Waals surface area (Å²) >= 11 is 3.32. The summed E-state index contributed by atoms with van der Waals surface area (Å²) < 4.78 is 7.42. The minimum atomic E-state index is -0.723. The number of carbonyl (C=O) groups is 2. The lowest BCUT2D eigenvalue weighted by molar-refractivity contribution is 0.0468. The van der Waals surface area contributed by atoms with Crippen molar-refractivity contribution < 1.29 is 14.3 Å². The van der Waals surface area contributed by atoms with Gasteiger partial charge in [0, 0.05) is 22.0 Å². The SMILES string of the molecule is CCCCCCn1nc(C(=O)OCC(=O)c2ccc(Br)cc2)c2ccccc2c1=O. The average Bonchev–Trinajstić information content (AvgIpc) is 2.76. The number of aryl methyl sites for hydroxylation is 1. The van der Waals surface area contributed by atoms with Gasteiger partial charge in [0.1, 0.15) is 0 Å². The van der Waals surface area contributed by atoms with E-state index < -0.39 is 12.6 Å². The van der Waals surface area contributed by atoms with Gasteiger partial charge in [0.2, 0.25) is 0 Å². The van der Waals surface area contributed by atoms with Crippen molar-refractivity contribution in [2.45, 2.75) is 39.2 Å². The van der Waals surface area contributed by atoms with Gasteiger partial charge < -0.3 is 4.74 Å². The molecule has 1 aromatic heterocycles. The summed E-state index contributed by atoms with van der Waals surface area (Å²) in [6, 6.07) is 13.6. The van der Waals surface area contributed by atoms with Crippen LogP contribution in [0.2, 0.25) is 0 Å². The van der Waals surface area contributed by atoms with Gasteiger partial charge in [-0.05, 0) is 24.6 Å². The van der Waals surface area contributed by atoms with Crippen molar-refractivity contribution in [1.29, 1.82) is 0 Å². The second-order valence-corrected chi connectivity index (χ2v) is 7.91. The number of nitrogens with zero attached hydrogens (tertiary/aromatic N) is 2. The molecule has 0 saturated heterocycles. The Bertz CT molecular complexity index is 1110. The minimum absolute atomic E-state index is 0.0456. The second kappa shape index (κ2) is 10.3. The zero-order chi connectivity index (χ0) is 21.5. The molecule has 0 aliphatic rings. The Morgan fingerprint density at radius 2 is 1.70 bits per heavy atom. The van der Waals surface area contributed by atoms with Gasteiger partial charge in [0.15, 0.2) is 18.1 Å². The van der Waals surface area contributed by atoms with Crippen molar-refractivity contribution in [3.05, 3.63) is 74.6 Å². The lowest BCUT2D eigenvalue weighted by Crippen LogP contribution is -2.27. The van der Waals surface area contributed by atoms with E-state index in [0.717, 1.165) is 30.2 Å². The Morgan fingerprint density at radius 3 is 2.40 bits per heavy atom. The van der Waals surface area contributed by atoms with Crippen LogP contribution in [0.1, 0.15) is 53.5 Å². The number of benzene rings is 2. The number of carbonyl (C=O) groups excluding carboxylic acids is 2. The zero-order valence-corrected chi connectivity index (χ0v) is 18.4. The van der Waals surface area contributed by atoms with Crippen LogP contribution in [0.25, 0.3) is 10.8 Å². The van der Waals surface area contributed by atoms with Crippen LogP contribution in [0.15, 0.2) is 57.8 Å². The third-order valence-corrected chi connectivity index (χ3v) is 5.31. The molecule has 0 amide bonds. The number of halogens is 1. The summed E-state index contributed by atoms with van der Waals surface area (Å²) in [5, 5.41) is 5.11. The van der Waals surface area contributed by atoms with E-state index in [4.69, 9.17) is 4.74 Å². The van der Waals surface area contributed by atoms with Crippen LogP contribution in [0.3, 0.4) is 0 Å². The molecule has 3 aromatic rings. The molecule has 30 heavy (non-hydrogen) atoms. The molecule has 0 bridgehead atoms. The molecule has 2 aromatic carbocycles. The molecule has 0 aliphatic carbocycles. The first-order valence-electron chi connectivity index (χ1n) is 9.97. The van der Waals surface area contributed by atoms with Gasteiger partial charge in [-0.25, -0.2) is 9.48 Å². The smallest absolute Gasteiger partial charge is 0.359 e. The predicted octanol–water partition coefficient (Wildman–Crippen LogP) is 4.78. The Hall–Kier alpha value is -2.80. The van der Waals surface area contributed by atoms with Crippen molar-refractivity contribution in [2.75, 3.05) is 6.61 Å². The molecule has 3 rings (SSSR count). The number of fused-ring (bicyclic) bond motifs is 1. The predicted molar refractivity (Wildman–Crippen MR) is 119 cm³/mol. The molecule has 0 saturated carbocycles. The van der Waals surface area contributed by atoms with Crippen molar-refractivity contribution >= 4 is 38.5 Å². The average molecular weight is 471 g/mol. The van der Waals surface area contributed by atoms with E-state index in [9.17, 15) is 14.4 Å². The first-order chi connectivity index (χ1) is 14.5. The molecular formula is C23H23BrN2O4. The second-order valence-electron chi connectivity index (χ2n) is 6.99. The molecule has 0 unspecified atom stereocenters. The van der Waals surface area contributed by atoms with Gasteiger partial charge in [-0.3, -0.25) is 9.59 Å².